The molecule has 1 aromatic heterocycles. The number of aromatic carboxylic acids is 1. The number of rotatable bonds is 4. The molecule has 1 N–H and O–H groups in total. The average molecular weight is 319 g/mol. The number of carbonyl (C=O) groups is 1. The number of thiazole rings is 1. The van der Waals surface area contributed by atoms with E-state index in [-0.39, 0.29) is 11.6 Å². The first-order valence-corrected chi connectivity index (χ1v) is 8.46. The highest BCUT2D eigenvalue weighted by Crippen LogP contribution is 2.31. The van der Waals surface area contributed by atoms with Crippen molar-refractivity contribution in [1.82, 2.24) is 13.6 Å². The molecule has 0 saturated carbocycles. The summed E-state index contributed by atoms with van der Waals surface area (Å²) in [7, 11) is -0.328. The lowest BCUT2D eigenvalue weighted by atomic mass is 9.99. The Hall–Kier alpha value is -1.03. The Morgan fingerprint density at radius 1 is 1.45 bits per heavy atom. The predicted octanol–water partition coefficient (Wildman–Crippen LogP) is 0.827. The van der Waals surface area contributed by atoms with Crippen LogP contribution in [0.15, 0.2) is 5.38 Å². The van der Waals surface area contributed by atoms with E-state index in [1.807, 2.05) is 0 Å². The number of carboxylic acid groups (broad SMARTS) is 1. The smallest absolute Gasteiger partial charge is 0.355 e. The first-order chi connectivity index (χ1) is 9.32. The van der Waals surface area contributed by atoms with Gasteiger partial charge in [0.1, 0.15) is 0 Å². The quantitative estimate of drug-likeness (QED) is 0.887. The number of hydrogen-bond donors (Lipinski definition) is 1. The van der Waals surface area contributed by atoms with Gasteiger partial charge in [-0.2, -0.15) is 17.0 Å². The summed E-state index contributed by atoms with van der Waals surface area (Å²) in [5.74, 6) is -0.887. The van der Waals surface area contributed by atoms with Gasteiger partial charge in [-0.05, 0) is 12.8 Å². The molecule has 1 saturated heterocycles. The van der Waals surface area contributed by atoms with E-state index in [0.717, 1.165) is 5.01 Å². The summed E-state index contributed by atoms with van der Waals surface area (Å²) in [6.07, 6.45) is 1.33. The van der Waals surface area contributed by atoms with Gasteiger partial charge in [-0.15, -0.1) is 11.3 Å². The molecule has 2 rings (SSSR count). The van der Waals surface area contributed by atoms with Crippen molar-refractivity contribution in [2.45, 2.75) is 18.8 Å². The van der Waals surface area contributed by atoms with Gasteiger partial charge >= 0.3 is 5.97 Å². The van der Waals surface area contributed by atoms with Gasteiger partial charge in [0.05, 0.1) is 5.01 Å². The average Bonchev–Trinajstić information content (AvgIpc) is 2.88. The molecular weight excluding hydrogens is 302 g/mol. The minimum Gasteiger partial charge on any atom is -0.476 e. The maximum Gasteiger partial charge on any atom is 0.355 e. The van der Waals surface area contributed by atoms with Gasteiger partial charge in [-0.1, -0.05) is 0 Å². The van der Waals surface area contributed by atoms with Crippen LogP contribution in [0.3, 0.4) is 0 Å². The fourth-order valence-corrected chi connectivity index (χ4v) is 4.24. The van der Waals surface area contributed by atoms with Gasteiger partial charge in [0.25, 0.3) is 10.2 Å². The van der Waals surface area contributed by atoms with Crippen LogP contribution in [0.4, 0.5) is 0 Å². The highest BCUT2D eigenvalue weighted by molar-refractivity contribution is 7.86. The Bertz CT molecular complexity index is 589. The van der Waals surface area contributed by atoms with Gasteiger partial charge in [0.15, 0.2) is 5.69 Å². The lowest BCUT2D eigenvalue weighted by molar-refractivity contribution is 0.0691. The Morgan fingerprint density at radius 3 is 2.50 bits per heavy atom. The van der Waals surface area contributed by atoms with Crippen LogP contribution in [-0.2, 0) is 10.2 Å². The van der Waals surface area contributed by atoms with E-state index in [0.29, 0.717) is 25.9 Å². The monoisotopic (exact) mass is 319 g/mol. The highest BCUT2D eigenvalue weighted by atomic mass is 32.2. The summed E-state index contributed by atoms with van der Waals surface area (Å²) in [5.41, 5.74) is 0.0633. The highest BCUT2D eigenvalue weighted by Gasteiger charge is 2.31. The molecule has 1 aliphatic rings. The molecule has 0 aliphatic carbocycles. The largest absolute Gasteiger partial charge is 0.476 e. The molecule has 1 fully saturated rings. The zero-order valence-corrected chi connectivity index (χ0v) is 12.9. The maximum atomic E-state index is 12.0. The molecule has 7 nitrogen and oxygen atoms in total. The van der Waals surface area contributed by atoms with Crippen molar-refractivity contribution in [1.29, 1.82) is 0 Å². The topological polar surface area (TPSA) is 90.8 Å². The van der Waals surface area contributed by atoms with E-state index in [1.165, 1.54) is 39.4 Å². The van der Waals surface area contributed by atoms with E-state index in [4.69, 9.17) is 5.11 Å². The van der Waals surface area contributed by atoms with E-state index >= 15 is 0 Å². The molecule has 9 heteroatoms. The van der Waals surface area contributed by atoms with E-state index in [2.05, 4.69) is 4.98 Å². The number of nitrogens with zero attached hydrogens (tertiary/aromatic N) is 3. The van der Waals surface area contributed by atoms with Crippen molar-refractivity contribution in [3.63, 3.8) is 0 Å². The zero-order chi connectivity index (χ0) is 14.9. The van der Waals surface area contributed by atoms with Crippen molar-refractivity contribution in [2.24, 2.45) is 0 Å². The number of carboxylic acids is 1. The Balaban J connectivity index is 2.02. The molecule has 20 heavy (non-hydrogen) atoms. The van der Waals surface area contributed by atoms with Crippen LogP contribution in [0.2, 0.25) is 0 Å². The second kappa shape index (κ2) is 5.76. The molecule has 0 aromatic carbocycles. The summed E-state index contributed by atoms with van der Waals surface area (Å²) in [6, 6.07) is 0. The Labute approximate surface area is 122 Å². The van der Waals surface area contributed by atoms with Crippen LogP contribution in [0.25, 0.3) is 0 Å². The van der Waals surface area contributed by atoms with Crippen molar-refractivity contribution < 1.29 is 18.3 Å². The van der Waals surface area contributed by atoms with Crippen LogP contribution in [0, 0.1) is 0 Å². The number of piperidine rings is 1. The molecule has 1 aromatic rings. The molecule has 0 spiro atoms. The summed E-state index contributed by atoms with van der Waals surface area (Å²) in [4.78, 5) is 14.9. The standard InChI is InChI=1S/C11H17N3O4S2/c1-13(2)20(17,18)14-5-3-8(4-6-14)10-12-9(7-19-10)11(15)16/h7-8H,3-6H2,1-2H3,(H,15,16). The summed E-state index contributed by atoms with van der Waals surface area (Å²) in [6.45, 7) is 0.875. The van der Waals surface area contributed by atoms with Crippen LogP contribution in [-0.4, -0.2) is 60.3 Å². The summed E-state index contributed by atoms with van der Waals surface area (Å²) >= 11 is 1.33. The molecule has 0 bridgehead atoms. The minimum absolute atomic E-state index is 0.0633. The third-order valence-corrected chi connectivity index (χ3v) is 6.28. The molecular formula is C11H17N3O4S2. The minimum atomic E-state index is -3.36. The number of hydrogen-bond acceptors (Lipinski definition) is 5. The van der Waals surface area contributed by atoms with Gasteiger partial charge in [0.2, 0.25) is 0 Å². The van der Waals surface area contributed by atoms with Gasteiger partial charge in [-0.3, -0.25) is 0 Å². The van der Waals surface area contributed by atoms with Gasteiger partial charge in [-0.25, -0.2) is 9.78 Å². The second-order valence-electron chi connectivity index (χ2n) is 4.84. The fraction of sp³-hybridized carbons (Fsp3) is 0.636. The van der Waals surface area contributed by atoms with E-state index < -0.39 is 16.2 Å². The second-order valence-corrected chi connectivity index (χ2v) is 7.87. The Morgan fingerprint density at radius 2 is 2.05 bits per heavy atom. The molecule has 0 atom stereocenters. The fourth-order valence-electron chi connectivity index (χ4n) is 2.14. The third-order valence-electron chi connectivity index (χ3n) is 3.33. The van der Waals surface area contributed by atoms with E-state index in [1.54, 1.807) is 0 Å². The van der Waals surface area contributed by atoms with Crippen LogP contribution < -0.4 is 0 Å². The summed E-state index contributed by atoms with van der Waals surface area (Å²) < 4.78 is 26.6. The van der Waals surface area contributed by atoms with Crippen LogP contribution >= 0.6 is 11.3 Å². The van der Waals surface area contributed by atoms with Crippen LogP contribution in [0.5, 0.6) is 0 Å². The molecule has 0 unspecified atom stereocenters. The van der Waals surface area contributed by atoms with Gasteiger partial charge in [0, 0.05) is 38.5 Å². The molecule has 0 amide bonds. The molecule has 1 aliphatic heterocycles. The molecule has 0 radical (unpaired) electrons. The lowest BCUT2D eigenvalue weighted by Crippen LogP contribution is -2.44. The van der Waals surface area contributed by atoms with Crippen molar-refractivity contribution in [3.05, 3.63) is 16.1 Å². The predicted molar refractivity (Wildman–Crippen MR) is 75.2 cm³/mol. The first-order valence-electron chi connectivity index (χ1n) is 6.18. The summed E-state index contributed by atoms with van der Waals surface area (Å²) in [5, 5.41) is 11.2. The molecule has 112 valence electrons. The molecule has 2 heterocycles. The zero-order valence-electron chi connectivity index (χ0n) is 11.3. The van der Waals surface area contributed by atoms with Crippen LogP contribution in [0.1, 0.15) is 34.3 Å². The van der Waals surface area contributed by atoms with Crippen molar-refractivity contribution in [2.75, 3.05) is 27.2 Å². The normalized spacial score (nSPS) is 18.6. The number of aromatic nitrogens is 1. The lowest BCUT2D eigenvalue weighted by Gasteiger charge is -2.31. The van der Waals surface area contributed by atoms with Crippen molar-refractivity contribution in [3.8, 4) is 0 Å². The SMILES string of the molecule is CN(C)S(=O)(=O)N1CCC(c2nc(C(=O)O)cs2)CC1. The van der Waals surface area contributed by atoms with Crippen molar-refractivity contribution >= 4 is 27.5 Å². The third kappa shape index (κ3) is 3.00. The van der Waals surface area contributed by atoms with E-state index in [9.17, 15) is 13.2 Å². The maximum absolute atomic E-state index is 12.0. The van der Waals surface area contributed by atoms with Gasteiger partial charge < -0.3 is 5.11 Å². The first kappa shape index (κ1) is 15.4. The Kier molecular flexibility index (Phi) is 4.43.